The van der Waals surface area contributed by atoms with Crippen LogP contribution in [0.15, 0.2) is 6.33 Å². The van der Waals surface area contributed by atoms with E-state index in [2.05, 4.69) is 29.1 Å². The maximum Gasteiger partial charge on any atom is 0.147 e. The highest BCUT2D eigenvalue weighted by Crippen LogP contribution is 2.41. The molecule has 0 saturated carbocycles. The van der Waals surface area contributed by atoms with E-state index in [1.54, 1.807) is 17.7 Å². The van der Waals surface area contributed by atoms with E-state index in [1.807, 2.05) is 0 Å². The number of anilines is 1. The standard InChI is InChI=1S/C21H26N4OS/c1-12(2)17-15-8-4-3-7-14(15)16-18-19(27-21(16)25-17)20(24-11-23-18)22-10-13-6-5-9-26-13/h11-13H,3-10H2,1-2H3,(H,22,23,24)/t13-/m1/s1. The number of nitrogens with one attached hydrogen (secondary N) is 1. The lowest BCUT2D eigenvalue weighted by Gasteiger charge is -2.21. The van der Waals surface area contributed by atoms with Crippen LogP contribution in [0.2, 0.25) is 0 Å². The molecule has 142 valence electrons. The molecule has 5 nitrogen and oxygen atoms in total. The molecule has 2 aliphatic rings. The fraction of sp³-hybridized carbons (Fsp3) is 0.571. The normalized spacial score (nSPS) is 19.9. The predicted octanol–water partition coefficient (Wildman–Crippen LogP) is 4.83. The van der Waals surface area contributed by atoms with E-state index in [0.717, 1.165) is 59.7 Å². The Bertz CT molecular complexity index is 991. The van der Waals surface area contributed by atoms with Gasteiger partial charge in [0.15, 0.2) is 0 Å². The molecule has 1 atom stereocenters. The third-order valence-electron chi connectivity index (χ3n) is 5.82. The highest BCUT2D eigenvalue weighted by molar-refractivity contribution is 7.26. The zero-order valence-electron chi connectivity index (χ0n) is 16.0. The van der Waals surface area contributed by atoms with Gasteiger partial charge in [0.25, 0.3) is 0 Å². The van der Waals surface area contributed by atoms with Gasteiger partial charge in [0.2, 0.25) is 0 Å². The van der Waals surface area contributed by atoms with E-state index >= 15 is 0 Å². The van der Waals surface area contributed by atoms with Crippen LogP contribution < -0.4 is 5.32 Å². The molecule has 1 fully saturated rings. The van der Waals surface area contributed by atoms with Crippen LogP contribution in [-0.2, 0) is 17.6 Å². The maximum absolute atomic E-state index is 5.75. The summed E-state index contributed by atoms with van der Waals surface area (Å²) in [5.74, 6) is 1.38. The molecule has 6 heteroatoms. The molecule has 0 aromatic carbocycles. The topological polar surface area (TPSA) is 59.9 Å². The molecule has 0 amide bonds. The fourth-order valence-electron chi connectivity index (χ4n) is 4.51. The summed E-state index contributed by atoms with van der Waals surface area (Å²) >= 11 is 1.74. The van der Waals surface area contributed by atoms with Gasteiger partial charge in [-0.15, -0.1) is 11.3 Å². The highest BCUT2D eigenvalue weighted by atomic mass is 32.1. The van der Waals surface area contributed by atoms with Gasteiger partial charge in [-0.3, -0.25) is 0 Å². The van der Waals surface area contributed by atoms with Crippen molar-refractivity contribution >= 4 is 37.6 Å². The van der Waals surface area contributed by atoms with E-state index in [-0.39, 0.29) is 0 Å². The second kappa shape index (κ2) is 6.99. The van der Waals surface area contributed by atoms with Gasteiger partial charge in [-0.2, -0.15) is 0 Å². The Morgan fingerprint density at radius 1 is 1.19 bits per heavy atom. The minimum atomic E-state index is 0.294. The van der Waals surface area contributed by atoms with Gasteiger partial charge >= 0.3 is 0 Å². The smallest absolute Gasteiger partial charge is 0.147 e. The molecule has 1 saturated heterocycles. The molecule has 5 rings (SSSR count). The molecule has 0 spiro atoms. The number of aryl methyl sites for hydroxylation is 1. The largest absolute Gasteiger partial charge is 0.376 e. The Hall–Kier alpha value is -1.79. The van der Waals surface area contributed by atoms with E-state index in [9.17, 15) is 0 Å². The number of pyridine rings is 1. The van der Waals surface area contributed by atoms with Crippen LogP contribution in [0.25, 0.3) is 20.4 Å². The van der Waals surface area contributed by atoms with Gasteiger partial charge in [0, 0.05) is 24.2 Å². The zero-order chi connectivity index (χ0) is 18.4. The van der Waals surface area contributed by atoms with Crippen molar-refractivity contribution in [2.75, 3.05) is 18.5 Å². The Kier molecular flexibility index (Phi) is 4.48. The number of fused-ring (bicyclic) bond motifs is 5. The highest BCUT2D eigenvalue weighted by Gasteiger charge is 2.24. The zero-order valence-corrected chi connectivity index (χ0v) is 16.9. The lowest BCUT2D eigenvalue weighted by atomic mass is 9.86. The Morgan fingerprint density at radius 3 is 2.81 bits per heavy atom. The first kappa shape index (κ1) is 17.3. The molecule has 3 aromatic rings. The number of rotatable bonds is 4. The van der Waals surface area contributed by atoms with Gasteiger partial charge in [0.05, 0.1) is 16.3 Å². The summed E-state index contributed by atoms with van der Waals surface area (Å²) in [4.78, 5) is 15.4. The van der Waals surface area contributed by atoms with Crippen LogP contribution in [0.1, 0.15) is 62.3 Å². The Morgan fingerprint density at radius 2 is 2.04 bits per heavy atom. The third-order valence-corrected chi connectivity index (χ3v) is 6.90. The summed E-state index contributed by atoms with van der Waals surface area (Å²) < 4.78 is 6.88. The maximum atomic E-state index is 5.75. The summed E-state index contributed by atoms with van der Waals surface area (Å²) in [6.45, 7) is 6.20. The van der Waals surface area contributed by atoms with E-state index in [1.165, 1.54) is 35.0 Å². The van der Waals surface area contributed by atoms with Crippen molar-refractivity contribution in [2.45, 2.75) is 64.4 Å². The van der Waals surface area contributed by atoms with Gasteiger partial charge in [0.1, 0.15) is 17.0 Å². The molecule has 0 bridgehead atoms. The Balaban J connectivity index is 1.64. The summed E-state index contributed by atoms with van der Waals surface area (Å²) in [6.07, 6.45) is 9.09. The van der Waals surface area contributed by atoms with Crippen molar-refractivity contribution < 1.29 is 4.74 Å². The second-order valence-corrected chi connectivity index (χ2v) is 9.01. The average molecular weight is 383 g/mol. The third kappa shape index (κ3) is 2.99. The van der Waals surface area contributed by atoms with Gasteiger partial charge in [-0.1, -0.05) is 13.8 Å². The van der Waals surface area contributed by atoms with Crippen molar-refractivity contribution in [1.82, 2.24) is 15.0 Å². The first-order valence-corrected chi connectivity index (χ1v) is 11.0. The van der Waals surface area contributed by atoms with Crippen molar-refractivity contribution in [2.24, 2.45) is 0 Å². The van der Waals surface area contributed by atoms with E-state index in [0.29, 0.717) is 12.0 Å². The predicted molar refractivity (Wildman–Crippen MR) is 111 cm³/mol. The molecule has 1 aliphatic heterocycles. The number of ether oxygens (including phenoxy) is 1. The first-order valence-electron chi connectivity index (χ1n) is 10.2. The van der Waals surface area contributed by atoms with Crippen LogP contribution >= 0.6 is 11.3 Å². The fourth-order valence-corrected chi connectivity index (χ4v) is 5.64. The minimum absolute atomic E-state index is 0.294. The number of hydrogen-bond donors (Lipinski definition) is 1. The van der Waals surface area contributed by atoms with Crippen LogP contribution in [-0.4, -0.2) is 34.2 Å². The number of thiophene rings is 1. The molecule has 0 unspecified atom stereocenters. The second-order valence-electron chi connectivity index (χ2n) is 8.01. The van der Waals surface area contributed by atoms with Crippen molar-refractivity contribution in [3.63, 3.8) is 0 Å². The van der Waals surface area contributed by atoms with Crippen LogP contribution in [0.5, 0.6) is 0 Å². The first-order chi connectivity index (χ1) is 13.2. The van der Waals surface area contributed by atoms with Gasteiger partial charge < -0.3 is 10.1 Å². The lowest BCUT2D eigenvalue weighted by Crippen LogP contribution is -2.18. The summed E-state index contributed by atoms with van der Waals surface area (Å²) in [7, 11) is 0. The molecule has 1 aliphatic carbocycles. The molecule has 3 aromatic heterocycles. The molecule has 4 heterocycles. The lowest BCUT2D eigenvalue weighted by molar-refractivity contribution is 0.120. The molecular formula is C21H26N4OS. The van der Waals surface area contributed by atoms with Crippen molar-refractivity contribution in [3.05, 3.63) is 23.1 Å². The SMILES string of the molecule is CC(C)c1nc2sc3c(NC[C@H]4CCCO4)ncnc3c2c2c1CCCC2. The van der Waals surface area contributed by atoms with E-state index < -0.39 is 0 Å². The summed E-state index contributed by atoms with van der Waals surface area (Å²) in [5.41, 5.74) is 5.33. The molecule has 27 heavy (non-hydrogen) atoms. The van der Waals surface area contributed by atoms with Crippen LogP contribution in [0, 0.1) is 0 Å². The molecule has 1 N–H and O–H groups in total. The monoisotopic (exact) mass is 382 g/mol. The van der Waals surface area contributed by atoms with Crippen molar-refractivity contribution in [1.29, 1.82) is 0 Å². The summed E-state index contributed by atoms with van der Waals surface area (Å²) in [6, 6.07) is 0. The number of hydrogen-bond acceptors (Lipinski definition) is 6. The average Bonchev–Trinajstić information content (AvgIpc) is 3.33. The number of nitrogens with zero attached hydrogens (tertiary/aromatic N) is 3. The number of aromatic nitrogens is 3. The van der Waals surface area contributed by atoms with Gasteiger partial charge in [-0.25, -0.2) is 15.0 Å². The minimum Gasteiger partial charge on any atom is -0.376 e. The van der Waals surface area contributed by atoms with Crippen molar-refractivity contribution in [3.8, 4) is 0 Å². The summed E-state index contributed by atoms with van der Waals surface area (Å²) in [5, 5.41) is 4.79. The Labute approximate surface area is 163 Å². The molecular weight excluding hydrogens is 356 g/mol. The van der Waals surface area contributed by atoms with Crippen LogP contribution in [0.3, 0.4) is 0 Å². The molecule has 0 radical (unpaired) electrons. The quantitative estimate of drug-likeness (QED) is 0.700. The van der Waals surface area contributed by atoms with Gasteiger partial charge in [-0.05, 0) is 55.6 Å². The van der Waals surface area contributed by atoms with Crippen LogP contribution in [0.4, 0.5) is 5.82 Å². The van der Waals surface area contributed by atoms with E-state index in [4.69, 9.17) is 9.72 Å².